The molecule has 9 heteroatoms. The van der Waals surface area contributed by atoms with Gasteiger partial charge in [-0.1, -0.05) is 11.6 Å². The Morgan fingerprint density at radius 1 is 1.23 bits per heavy atom. The smallest absolute Gasteiger partial charge is 0.162 e. The van der Waals surface area contributed by atoms with Crippen LogP contribution in [-0.2, 0) is 4.74 Å². The Bertz CT molecular complexity index is 1360. The van der Waals surface area contributed by atoms with Gasteiger partial charge in [0.2, 0.25) is 0 Å². The first-order valence-corrected chi connectivity index (χ1v) is 9.64. The SMILES string of the molecule is [2H]C1([2H])OC([2H])([2H])C([2H])([2H])N(CCCOc2cc3c(Nc4ccc(F)c(Cl)c4)ncnc3cc2OC)C1([2H])[2H]. The van der Waals surface area contributed by atoms with Gasteiger partial charge in [-0.25, -0.2) is 14.4 Å². The zero-order chi connectivity index (χ0) is 28.8. The summed E-state index contributed by atoms with van der Waals surface area (Å²) in [6.07, 6.45) is 1.33. The summed E-state index contributed by atoms with van der Waals surface area (Å²) in [7, 11) is 1.43. The van der Waals surface area contributed by atoms with Crippen LogP contribution < -0.4 is 14.8 Å². The molecule has 1 N–H and O–H groups in total. The number of benzene rings is 2. The summed E-state index contributed by atoms with van der Waals surface area (Å²) in [6, 6.07) is 7.31. The third-order valence-corrected chi connectivity index (χ3v) is 4.64. The van der Waals surface area contributed by atoms with E-state index < -0.39 is 31.9 Å². The predicted molar refractivity (Wildman–Crippen MR) is 118 cm³/mol. The lowest BCUT2D eigenvalue weighted by Crippen LogP contribution is -2.37. The highest BCUT2D eigenvalue weighted by Crippen LogP contribution is 2.35. The molecule has 0 bridgehead atoms. The van der Waals surface area contributed by atoms with Crippen molar-refractivity contribution in [2.45, 2.75) is 6.42 Å². The van der Waals surface area contributed by atoms with E-state index in [0.717, 1.165) is 0 Å². The molecule has 0 atom stereocenters. The minimum Gasteiger partial charge on any atom is -0.493 e. The molecule has 1 saturated heterocycles. The fraction of sp³-hybridized carbons (Fsp3) is 0.364. The number of hydrogen-bond donors (Lipinski definition) is 1. The molecule has 0 saturated carbocycles. The fourth-order valence-corrected chi connectivity index (χ4v) is 3.05. The standard InChI is InChI=1S/C22H24ClFN4O3/c1-29-20-13-19-16(12-21(20)31-8-2-5-28-6-9-30-10-7-28)22(26-14-25-19)27-15-3-4-18(24)17(23)11-15/h3-4,11-14H,2,5-10H2,1H3,(H,25,26,27)/i6D2,7D2,9D2,10D2. The Morgan fingerprint density at radius 3 is 2.84 bits per heavy atom. The Kier molecular flexibility index (Phi) is 4.45. The van der Waals surface area contributed by atoms with Crippen molar-refractivity contribution in [2.75, 3.05) is 51.7 Å². The van der Waals surface area contributed by atoms with E-state index in [1.807, 2.05) is 0 Å². The number of ether oxygens (including phenoxy) is 3. The number of morpholine rings is 1. The van der Waals surface area contributed by atoms with Crippen LogP contribution in [-0.4, -0.2) is 61.2 Å². The topological polar surface area (TPSA) is 68.7 Å². The zero-order valence-electron chi connectivity index (χ0n) is 24.4. The fourth-order valence-electron chi connectivity index (χ4n) is 2.87. The van der Waals surface area contributed by atoms with Crippen molar-refractivity contribution >= 4 is 34.0 Å². The number of nitrogens with one attached hydrogen (secondary N) is 1. The quantitative estimate of drug-likeness (QED) is 0.509. The summed E-state index contributed by atoms with van der Waals surface area (Å²) in [4.78, 5) is 8.94. The number of anilines is 2. The minimum absolute atomic E-state index is 0.00313. The Balaban J connectivity index is 1.54. The summed E-state index contributed by atoms with van der Waals surface area (Å²) in [5, 5.41) is 3.51. The first kappa shape index (κ1) is 13.7. The average Bonchev–Trinajstić information content (AvgIpc) is 2.84. The van der Waals surface area contributed by atoms with Crippen molar-refractivity contribution in [1.82, 2.24) is 14.9 Å². The number of fused-ring (bicyclic) bond motifs is 1. The molecular formula is C22H24ClFN4O3. The number of aromatic nitrogens is 2. The van der Waals surface area contributed by atoms with E-state index in [2.05, 4.69) is 20.0 Å². The van der Waals surface area contributed by atoms with Gasteiger partial charge in [-0.3, -0.25) is 4.90 Å². The monoisotopic (exact) mass is 454 g/mol. The first-order chi connectivity index (χ1) is 18.1. The maximum absolute atomic E-state index is 13.6. The van der Waals surface area contributed by atoms with Crippen LogP contribution in [0.25, 0.3) is 10.9 Å². The normalized spacial score (nSPS) is 24.9. The molecule has 1 aliphatic heterocycles. The maximum Gasteiger partial charge on any atom is 0.162 e. The summed E-state index contributed by atoms with van der Waals surface area (Å²) in [5.41, 5.74) is 0.984. The Labute approximate surface area is 196 Å². The van der Waals surface area contributed by atoms with Crippen LogP contribution in [0.2, 0.25) is 5.02 Å². The van der Waals surface area contributed by atoms with Crippen LogP contribution >= 0.6 is 11.6 Å². The highest BCUT2D eigenvalue weighted by atomic mass is 35.5. The zero-order valence-corrected chi connectivity index (χ0v) is 17.2. The van der Waals surface area contributed by atoms with Crippen LogP contribution in [0, 0.1) is 5.82 Å². The van der Waals surface area contributed by atoms with E-state index in [9.17, 15) is 4.39 Å². The van der Waals surface area contributed by atoms with Crippen LogP contribution in [0.15, 0.2) is 36.7 Å². The van der Waals surface area contributed by atoms with Crippen molar-refractivity contribution in [2.24, 2.45) is 0 Å². The van der Waals surface area contributed by atoms with E-state index in [0.29, 0.717) is 33.1 Å². The molecule has 1 aromatic heterocycles. The largest absolute Gasteiger partial charge is 0.493 e. The third-order valence-electron chi connectivity index (χ3n) is 4.35. The predicted octanol–water partition coefficient (Wildman–Crippen LogP) is 4.28. The minimum atomic E-state index is -3.11. The van der Waals surface area contributed by atoms with Crippen molar-refractivity contribution < 1.29 is 29.6 Å². The van der Waals surface area contributed by atoms with Gasteiger partial charge in [0, 0.05) is 42.2 Å². The third kappa shape index (κ3) is 5.33. The second-order valence-corrected chi connectivity index (χ2v) is 6.79. The molecule has 0 amide bonds. The van der Waals surface area contributed by atoms with Crippen LogP contribution in [0.1, 0.15) is 17.4 Å². The van der Waals surface area contributed by atoms with Crippen LogP contribution in [0.4, 0.5) is 15.9 Å². The Hall–Kier alpha value is -2.68. The van der Waals surface area contributed by atoms with Gasteiger partial charge in [0.15, 0.2) is 11.5 Å². The molecule has 3 aromatic rings. The number of halogens is 2. The summed E-state index contributed by atoms with van der Waals surface area (Å²) in [5.74, 6) is 0.385. The van der Waals surface area contributed by atoms with Crippen LogP contribution in [0.3, 0.4) is 0 Å². The Morgan fingerprint density at radius 2 is 2.06 bits per heavy atom. The molecule has 0 aliphatic carbocycles. The molecular weight excluding hydrogens is 423 g/mol. The van der Waals surface area contributed by atoms with E-state index in [1.54, 1.807) is 12.1 Å². The van der Waals surface area contributed by atoms with Crippen molar-refractivity contribution in [3.05, 3.63) is 47.5 Å². The lowest BCUT2D eigenvalue weighted by atomic mass is 10.2. The highest BCUT2D eigenvalue weighted by molar-refractivity contribution is 6.31. The van der Waals surface area contributed by atoms with Crippen molar-refractivity contribution in [3.63, 3.8) is 0 Å². The van der Waals surface area contributed by atoms with E-state index in [4.69, 9.17) is 32.0 Å². The van der Waals surface area contributed by atoms with Gasteiger partial charge in [0.1, 0.15) is 18.0 Å². The molecule has 1 fully saturated rings. The van der Waals surface area contributed by atoms with Crippen molar-refractivity contribution in [1.29, 1.82) is 0 Å². The highest BCUT2D eigenvalue weighted by Gasteiger charge is 2.14. The molecule has 0 unspecified atom stereocenters. The molecule has 0 radical (unpaired) electrons. The molecule has 4 rings (SSSR count). The lowest BCUT2D eigenvalue weighted by Gasteiger charge is -2.26. The van der Waals surface area contributed by atoms with E-state index >= 15 is 0 Å². The van der Waals surface area contributed by atoms with Gasteiger partial charge < -0.3 is 19.5 Å². The van der Waals surface area contributed by atoms with Crippen molar-refractivity contribution in [3.8, 4) is 11.5 Å². The molecule has 2 heterocycles. The van der Waals surface area contributed by atoms with Gasteiger partial charge >= 0.3 is 0 Å². The number of rotatable bonds is 8. The molecule has 1 aliphatic rings. The molecule has 2 aromatic carbocycles. The summed E-state index contributed by atoms with van der Waals surface area (Å²) < 4.78 is 92.8. The first-order valence-electron chi connectivity index (χ1n) is 13.3. The number of hydrogen-bond acceptors (Lipinski definition) is 7. The summed E-state index contributed by atoms with van der Waals surface area (Å²) in [6.45, 7) is -12.6. The van der Waals surface area contributed by atoms with Gasteiger partial charge in [-0.15, -0.1) is 0 Å². The van der Waals surface area contributed by atoms with E-state index in [1.165, 1.54) is 31.6 Å². The van der Waals surface area contributed by atoms with Gasteiger partial charge in [-0.2, -0.15) is 0 Å². The van der Waals surface area contributed by atoms with Gasteiger partial charge in [0.05, 0.1) is 42.9 Å². The average molecular weight is 455 g/mol. The second kappa shape index (κ2) is 10.1. The molecule has 7 nitrogen and oxygen atoms in total. The van der Waals surface area contributed by atoms with Gasteiger partial charge in [0.25, 0.3) is 0 Å². The van der Waals surface area contributed by atoms with Crippen LogP contribution in [0.5, 0.6) is 11.5 Å². The number of methoxy groups -OCH3 is 1. The summed E-state index contributed by atoms with van der Waals surface area (Å²) >= 11 is 5.87. The van der Waals surface area contributed by atoms with Gasteiger partial charge in [-0.05, 0) is 30.7 Å². The molecule has 164 valence electrons. The number of nitrogens with zero attached hydrogens (tertiary/aromatic N) is 3. The molecule has 31 heavy (non-hydrogen) atoms. The van der Waals surface area contributed by atoms with E-state index in [-0.39, 0.29) is 30.3 Å². The second-order valence-electron chi connectivity index (χ2n) is 6.38. The molecule has 0 spiro atoms. The maximum atomic E-state index is 13.6. The lowest BCUT2D eigenvalue weighted by molar-refractivity contribution is 0.0357.